The number of benzene rings is 3. The van der Waals surface area contributed by atoms with Gasteiger partial charge < -0.3 is 4.57 Å². The molecule has 116 valence electrons. The molecule has 1 heterocycles. The van der Waals surface area contributed by atoms with Gasteiger partial charge in [0.2, 0.25) is 0 Å². The summed E-state index contributed by atoms with van der Waals surface area (Å²) in [5, 5.41) is 3.18. The van der Waals surface area contributed by atoms with E-state index in [2.05, 4.69) is 58.1 Å². The van der Waals surface area contributed by atoms with Crippen molar-refractivity contribution in [1.82, 2.24) is 4.57 Å². The van der Waals surface area contributed by atoms with Crippen LogP contribution in [0.25, 0.3) is 16.5 Å². The van der Waals surface area contributed by atoms with Gasteiger partial charge in [-0.3, -0.25) is 4.99 Å². The van der Waals surface area contributed by atoms with Gasteiger partial charge in [-0.2, -0.15) is 0 Å². The largest absolute Gasteiger partial charge is 0.316 e. The van der Waals surface area contributed by atoms with Crippen molar-refractivity contribution in [2.24, 2.45) is 4.99 Å². The third-order valence-electron chi connectivity index (χ3n) is 3.96. The van der Waals surface area contributed by atoms with Gasteiger partial charge in [0.1, 0.15) is 0 Å². The van der Waals surface area contributed by atoms with Gasteiger partial charge in [-0.1, -0.05) is 41.9 Å². The minimum absolute atomic E-state index is 0.716. The molecular formula is C21H15ClN2. The maximum absolute atomic E-state index is 5.91. The summed E-state index contributed by atoms with van der Waals surface area (Å²) in [6, 6.07) is 26.4. The standard InChI is InChI=1S/C21H15ClN2/c22-18-8-10-19(11-9-18)23-15-21-6-3-13-24(21)20-12-7-16-4-1-2-5-17(16)14-20/h1-15H. The second-order valence-electron chi connectivity index (χ2n) is 5.57. The van der Waals surface area contributed by atoms with E-state index in [1.807, 2.05) is 42.7 Å². The topological polar surface area (TPSA) is 17.3 Å². The molecule has 0 aliphatic rings. The van der Waals surface area contributed by atoms with Gasteiger partial charge in [0.05, 0.1) is 17.6 Å². The van der Waals surface area contributed by atoms with Gasteiger partial charge in [0.25, 0.3) is 0 Å². The number of halogens is 1. The molecule has 0 amide bonds. The Morgan fingerprint density at radius 1 is 0.792 bits per heavy atom. The Bertz CT molecular complexity index is 1010. The molecule has 0 N–H and O–H groups in total. The van der Waals surface area contributed by atoms with E-state index in [-0.39, 0.29) is 0 Å². The van der Waals surface area contributed by atoms with E-state index in [9.17, 15) is 0 Å². The summed E-state index contributed by atoms with van der Waals surface area (Å²) < 4.78 is 2.13. The van der Waals surface area contributed by atoms with Crippen LogP contribution in [0.1, 0.15) is 5.69 Å². The molecule has 0 spiro atoms. The van der Waals surface area contributed by atoms with Crippen molar-refractivity contribution in [3.05, 3.63) is 95.8 Å². The van der Waals surface area contributed by atoms with Gasteiger partial charge in [0, 0.05) is 16.9 Å². The molecule has 0 unspecified atom stereocenters. The van der Waals surface area contributed by atoms with Crippen molar-refractivity contribution < 1.29 is 0 Å². The third-order valence-corrected chi connectivity index (χ3v) is 4.22. The normalized spacial score (nSPS) is 11.4. The SMILES string of the molecule is Clc1ccc(N=Cc2cccn2-c2ccc3ccccc3c2)cc1. The Labute approximate surface area is 145 Å². The second-order valence-corrected chi connectivity index (χ2v) is 6.01. The molecule has 0 saturated carbocycles. The van der Waals surface area contributed by atoms with Gasteiger partial charge >= 0.3 is 0 Å². The Hall–Kier alpha value is -2.84. The van der Waals surface area contributed by atoms with Gasteiger partial charge in [0.15, 0.2) is 0 Å². The summed E-state index contributed by atoms with van der Waals surface area (Å²) >= 11 is 5.91. The number of fused-ring (bicyclic) bond motifs is 1. The van der Waals surface area contributed by atoms with Crippen molar-refractivity contribution in [3.63, 3.8) is 0 Å². The molecule has 1 aromatic heterocycles. The lowest BCUT2D eigenvalue weighted by atomic mass is 10.1. The average molecular weight is 331 g/mol. The zero-order valence-corrected chi connectivity index (χ0v) is 13.7. The van der Waals surface area contributed by atoms with Crippen LogP contribution in [0.5, 0.6) is 0 Å². The predicted octanol–water partition coefficient (Wildman–Crippen LogP) is 6.03. The van der Waals surface area contributed by atoms with Crippen LogP contribution in [-0.2, 0) is 0 Å². The molecule has 0 fully saturated rings. The lowest BCUT2D eigenvalue weighted by Gasteiger charge is -2.08. The summed E-state index contributed by atoms with van der Waals surface area (Å²) in [4.78, 5) is 4.53. The first-order valence-electron chi connectivity index (χ1n) is 7.76. The van der Waals surface area contributed by atoms with Crippen LogP contribution in [0.15, 0.2) is 90.1 Å². The highest BCUT2D eigenvalue weighted by atomic mass is 35.5. The van der Waals surface area contributed by atoms with Crippen molar-refractivity contribution in [2.45, 2.75) is 0 Å². The maximum atomic E-state index is 5.91. The van der Waals surface area contributed by atoms with Crippen molar-refractivity contribution in [3.8, 4) is 5.69 Å². The average Bonchev–Trinajstić information content (AvgIpc) is 3.09. The maximum Gasteiger partial charge on any atom is 0.0639 e. The Morgan fingerprint density at radius 3 is 2.42 bits per heavy atom. The Balaban J connectivity index is 1.69. The molecule has 3 heteroatoms. The number of aliphatic imine (C=N–C) groups is 1. The molecule has 0 aliphatic heterocycles. The van der Waals surface area contributed by atoms with Crippen LogP contribution in [0.3, 0.4) is 0 Å². The van der Waals surface area contributed by atoms with E-state index in [1.165, 1.54) is 10.8 Å². The fraction of sp³-hybridized carbons (Fsp3) is 0. The first-order chi connectivity index (χ1) is 11.8. The monoisotopic (exact) mass is 330 g/mol. The summed E-state index contributed by atoms with van der Waals surface area (Å²) in [5.41, 5.74) is 3.03. The fourth-order valence-corrected chi connectivity index (χ4v) is 2.85. The lowest BCUT2D eigenvalue weighted by molar-refractivity contribution is 1.07. The van der Waals surface area contributed by atoms with Gasteiger partial charge in [-0.25, -0.2) is 0 Å². The van der Waals surface area contributed by atoms with Gasteiger partial charge in [-0.05, 0) is 59.3 Å². The first-order valence-corrected chi connectivity index (χ1v) is 8.13. The van der Waals surface area contributed by atoms with Crippen LogP contribution in [0, 0.1) is 0 Å². The number of nitrogens with zero attached hydrogens (tertiary/aromatic N) is 2. The third kappa shape index (κ3) is 2.97. The molecule has 0 radical (unpaired) electrons. The molecule has 0 aliphatic carbocycles. The van der Waals surface area contributed by atoms with E-state index in [0.717, 1.165) is 17.1 Å². The number of hydrogen-bond donors (Lipinski definition) is 0. The van der Waals surface area contributed by atoms with Gasteiger partial charge in [-0.15, -0.1) is 0 Å². The Kier molecular flexibility index (Phi) is 3.89. The van der Waals surface area contributed by atoms with Crippen molar-refractivity contribution in [1.29, 1.82) is 0 Å². The molecule has 0 atom stereocenters. The van der Waals surface area contributed by atoms with Crippen LogP contribution in [0.2, 0.25) is 5.02 Å². The van der Waals surface area contributed by atoms with Crippen molar-refractivity contribution in [2.75, 3.05) is 0 Å². The lowest BCUT2D eigenvalue weighted by Crippen LogP contribution is -1.97. The molecule has 4 rings (SSSR count). The number of aromatic nitrogens is 1. The summed E-state index contributed by atoms with van der Waals surface area (Å²) in [6.45, 7) is 0. The van der Waals surface area contributed by atoms with E-state index >= 15 is 0 Å². The van der Waals surface area contributed by atoms with Crippen LogP contribution >= 0.6 is 11.6 Å². The van der Waals surface area contributed by atoms with E-state index in [1.54, 1.807) is 0 Å². The summed E-state index contributed by atoms with van der Waals surface area (Å²) in [6.07, 6.45) is 3.92. The number of hydrogen-bond acceptors (Lipinski definition) is 1. The zero-order valence-electron chi connectivity index (χ0n) is 12.9. The fourth-order valence-electron chi connectivity index (χ4n) is 2.73. The van der Waals surface area contributed by atoms with Crippen LogP contribution in [0.4, 0.5) is 5.69 Å². The highest BCUT2D eigenvalue weighted by molar-refractivity contribution is 6.30. The van der Waals surface area contributed by atoms with E-state index in [0.29, 0.717) is 5.02 Å². The molecule has 0 saturated heterocycles. The first kappa shape index (κ1) is 14.7. The molecular weight excluding hydrogens is 316 g/mol. The summed E-state index contributed by atoms with van der Waals surface area (Å²) in [5.74, 6) is 0. The predicted molar refractivity (Wildman–Crippen MR) is 102 cm³/mol. The molecule has 2 nitrogen and oxygen atoms in total. The number of rotatable bonds is 3. The smallest absolute Gasteiger partial charge is 0.0639 e. The van der Waals surface area contributed by atoms with E-state index in [4.69, 9.17) is 11.6 Å². The highest BCUT2D eigenvalue weighted by Crippen LogP contribution is 2.20. The zero-order chi connectivity index (χ0) is 16.4. The quantitative estimate of drug-likeness (QED) is 0.408. The summed E-state index contributed by atoms with van der Waals surface area (Å²) in [7, 11) is 0. The van der Waals surface area contributed by atoms with Crippen LogP contribution in [-0.4, -0.2) is 10.8 Å². The molecule has 0 bridgehead atoms. The minimum Gasteiger partial charge on any atom is -0.316 e. The highest BCUT2D eigenvalue weighted by Gasteiger charge is 2.02. The second kappa shape index (κ2) is 6.34. The van der Waals surface area contributed by atoms with Crippen LogP contribution < -0.4 is 0 Å². The Morgan fingerprint density at radius 2 is 1.58 bits per heavy atom. The van der Waals surface area contributed by atoms with E-state index < -0.39 is 0 Å². The molecule has 24 heavy (non-hydrogen) atoms. The molecule has 4 aromatic rings. The van der Waals surface area contributed by atoms with Crippen molar-refractivity contribution >= 4 is 34.3 Å². The molecule has 3 aromatic carbocycles. The minimum atomic E-state index is 0.716.